The Hall–Kier alpha value is -3.17. The van der Waals surface area contributed by atoms with E-state index in [1.807, 2.05) is 30.3 Å². The van der Waals surface area contributed by atoms with Crippen LogP contribution < -0.4 is 10.9 Å². The van der Waals surface area contributed by atoms with E-state index in [1.54, 1.807) is 0 Å². The zero-order valence-corrected chi connectivity index (χ0v) is 19.1. The fourth-order valence-electron chi connectivity index (χ4n) is 2.97. The molecule has 9 heteroatoms. The van der Waals surface area contributed by atoms with Crippen LogP contribution in [-0.2, 0) is 16.0 Å². The molecular weight excluding hydrogens is 446 g/mol. The first-order valence-corrected chi connectivity index (χ1v) is 11.3. The van der Waals surface area contributed by atoms with Crippen LogP contribution in [0.5, 0.6) is 5.75 Å². The summed E-state index contributed by atoms with van der Waals surface area (Å²) < 4.78 is 0.465. The minimum Gasteiger partial charge on any atom is -0.508 e. The van der Waals surface area contributed by atoms with Gasteiger partial charge in [0.2, 0.25) is 5.91 Å². The van der Waals surface area contributed by atoms with E-state index in [2.05, 4.69) is 17.8 Å². The quantitative estimate of drug-likeness (QED) is 0.327. The molecule has 1 heterocycles. The lowest BCUT2D eigenvalue weighted by Gasteiger charge is -2.14. The third-order valence-electron chi connectivity index (χ3n) is 4.79. The van der Waals surface area contributed by atoms with Crippen molar-refractivity contribution in [1.29, 1.82) is 0 Å². The van der Waals surface area contributed by atoms with E-state index in [9.17, 15) is 19.5 Å². The number of hydrazine groups is 1. The Morgan fingerprint density at radius 3 is 2.44 bits per heavy atom. The number of nitrogens with one attached hydrogen (secondary N) is 2. The summed E-state index contributed by atoms with van der Waals surface area (Å²) >= 11 is 6.58. The molecule has 0 saturated carbocycles. The Morgan fingerprint density at radius 1 is 1.09 bits per heavy atom. The zero-order valence-electron chi connectivity index (χ0n) is 17.5. The van der Waals surface area contributed by atoms with Crippen molar-refractivity contribution in [1.82, 2.24) is 15.8 Å². The van der Waals surface area contributed by atoms with E-state index >= 15 is 0 Å². The number of amides is 3. The molecule has 0 aromatic heterocycles. The van der Waals surface area contributed by atoms with Crippen molar-refractivity contribution in [2.75, 3.05) is 6.54 Å². The first-order valence-electron chi connectivity index (χ1n) is 10.1. The molecule has 7 nitrogen and oxygen atoms in total. The summed E-state index contributed by atoms with van der Waals surface area (Å²) in [6.45, 7) is 2.40. The topological polar surface area (TPSA) is 98.7 Å². The summed E-state index contributed by atoms with van der Waals surface area (Å²) in [5.74, 6) is -0.993. The average molecular weight is 470 g/mol. The highest BCUT2D eigenvalue weighted by Gasteiger charge is 2.31. The van der Waals surface area contributed by atoms with Gasteiger partial charge >= 0.3 is 0 Å². The Balaban J connectivity index is 1.45. The molecular formula is C23H23N3O4S2. The molecule has 2 aromatic carbocycles. The second-order valence-corrected chi connectivity index (χ2v) is 8.76. The highest BCUT2D eigenvalue weighted by atomic mass is 32.2. The Kier molecular flexibility index (Phi) is 8.02. The number of rotatable bonds is 7. The lowest BCUT2D eigenvalue weighted by molar-refractivity contribution is -0.124. The summed E-state index contributed by atoms with van der Waals surface area (Å²) in [7, 11) is 0. The van der Waals surface area contributed by atoms with Crippen LogP contribution in [0.25, 0.3) is 6.08 Å². The van der Waals surface area contributed by atoms with Crippen molar-refractivity contribution in [2.24, 2.45) is 0 Å². The van der Waals surface area contributed by atoms with Crippen LogP contribution in [0.15, 0.2) is 53.4 Å². The van der Waals surface area contributed by atoms with Gasteiger partial charge in [-0.05, 0) is 54.3 Å². The molecule has 1 fully saturated rings. The summed E-state index contributed by atoms with van der Waals surface area (Å²) in [4.78, 5) is 38.7. The molecule has 1 aliphatic rings. The highest BCUT2D eigenvalue weighted by molar-refractivity contribution is 8.26. The van der Waals surface area contributed by atoms with Crippen LogP contribution in [-0.4, -0.2) is 38.6 Å². The van der Waals surface area contributed by atoms with Crippen LogP contribution in [0.3, 0.4) is 0 Å². The Morgan fingerprint density at radius 2 is 1.78 bits per heavy atom. The smallest absolute Gasteiger partial charge is 0.269 e. The van der Waals surface area contributed by atoms with Crippen LogP contribution in [0, 0.1) is 0 Å². The van der Waals surface area contributed by atoms with Gasteiger partial charge in [-0.2, -0.15) is 0 Å². The van der Waals surface area contributed by atoms with Crippen LogP contribution in [0.4, 0.5) is 0 Å². The number of carbonyl (C=O) groups excluding carboxylic acids is 3. The van der Waals surface area contributed by atoms with Gasteiger partial charge in [-0.15, -0.1) is 0 Å². The van der Waals surface area contributed by atoms with E-state index in [0.29, 0.717) is 27.8 Å². The number of phenolic OH excluding ortho intramolecular Hbond substituents is 1. The molecule has 2 aromatic rings. The van der Waals surface area contributed by atoms with Gasteiger partial charge in [0.1, 0.15) is 10.1 Å². The van der Waals surface area contributed by atoms with Crippen molar-refractivity contribution in [3.8, 4) is 5.75 Å². The van der Waals surface area contributed by atoms with Crippen LogP contribution in [0.2, 0.25) is 0 Å². The van der Waals surface area contributed by atoms with Gasteiger partial charge in [0.25, 0.3) is 11.8 Å². The van der Waals surface area contributed by atoms with Gasteiger partial charge < -0.3 is 5.11 Å². The molecule has 0 bridgehead atoms. The number of thiocarbonyl (C=S) groups is 1. The molecule has 0 spiro atoms. The number of benzene rings is 2. The number of nitrogens with zero attached hydrogens (tertiary/aromatic N) is 1. The second-order valence-electron chi connectivity index (χ2n) is 7.08. The van der Waals surface area contributed by atoms with Crippen LogP contribution in [0.1, 0.15) is 41.3 Å². The molecule has 1 saturated heterocycles. The van der Waals surface area contributed by atoms with Crippen molar-refractivity contribution in [3.05, 3.63) is 70.1 Å². The predicted octanol–water partition coefficient (Wildman–Crippen LogP) is 3.40. The highest BCUT2D eigenvalue weighted by Crippen LogP contribution is 2.32. The predicted molar refractivity (Wildman–Crippen MR) is 129 cm³/mol. The SMILES string of the molecule is CCc1ccc(/C=C2/SC(=S)N(CCCC(=O)NNC(=O)c3ccc(O)cc3)C2=O)cc1. The van der Waals surface area contributed by atoms with Gasteiger partial charge in [-0.25, -0.2) is 0 Å². The number of carbonyl (C=O) groups is 3. The second kappa shape index (κ2) is 10.9. The molecule has 3 rings (SSSR count). The summed E-state index contributed by atoms with van der Waals surface area (Å²) in [6, 6.07) is 13.7. The summed E-state index contributed by atoms with van der Waals surface area (Å²) in [5.41, 5.74) is 7.13. The number of phenols is 1. The van der Waals surface area contributed by atoms with Crippen molar-refractivity contribution in [3.63, 3.8) is 0 Å². The molecule has 0 unspecified atom stereocenters. The number of hydrogen-bond donors (Lipinski definition) is 3. The van der Waals surface area contributed by atoms with E-state index in [-0.39, 0.29) is 24.0 Å². The average Bonchev–Trinajstić information content (AvgIpc) is 3.05. The fourth-order valence-corrected chi connectivity index (χ4v) is 4.27. The molecule has 32 heavy (non-hydrogen) atoms. The van der Waals surface area contributed by atoms with Crippen molar-refractivity contribution >= 4 is 52.1 Å². The molecule has 0 radical (unpaired) electrons. The van der Waals surface area contributed by atoms with E-state index in [0.717, 1.165) is 12.0 Å². The van der Waals surface area contributed by atoms with Gasteiger partial charge in [0.15, 0.2) is 0 Å². The lowest BCUT2D eigenvalue weighted by Crippen LogP contribution is -2.41. The molecule has 0 aliphatic carbocycles. The molecule has 166 valence electrons. The van der Waals surface area contributed by atoms with E-state index in [1.165, 1.54) is 46.5 Å². The monoisotopic (exact) mass is 469 g/mol. The first-order chi connectivity index (χ1) is 15.4. The molecule has 0 atom stereocenters. The largest absolute Gasteiger partial charge is 0.508 e. The van der Waals surface area contributed by atoms with Gasteiger partial charge in [-0.1, -0.05) is 55.2 Å². The number of aryl methyl sites for hydroxylation is 1. The molecule has 3 amide bonds. The van der Waals surface area contributed by atoms with Crippen molar-refractivity contribution < 1.29 is 19.5 Å². The third-order valence-corrected chi connectivity index (χ3v) is 6.17. The number of aromatic hydroxyl groups is 1. The molecule has 1 aliphatic heterocycles. The van der Waals surface area contributed by atoms with Gasteiger partial charge in [0.05, 0.1) is 4.91 Å². The summed E-state index contributed by atoms with van der Waals surface area (Å²) in [6.07, 6.45) is 3.29. The maximum absolute atomic E-state index is 12.7. The van der Waals surface area contributed by atoms with E-state index < -0.39 is 5.91 Å². The minimum absolute atomic E-state index is 0.0468. The Labute approximate surface area is 195 Å². The fraction of sp³-hybridized carbons (Fsp3) is 0.217. The van der Waals surface area contributed by atoms with Crippen LogP contribution >= 0.6 is 24.0 Å². The number of hydrogen-bond acceptors (Lipinski definition) is 6. The maximum atomic E-state index is 12.7. The number of thioether (sulfide) groups is 1. The lowest BCUT2D eigenvalue weighted by atomic mass is 10.1. The van der Waals surface area contributed by atoms with Crippen molar-refractivity contribution in [2.45, 2.75) is 26.2 Å². The van der Waals surface area contributed by atoms with Gasteiger partial charge in [0, 0.05) is 18.5 Å². The third kappa shape index (κ3) is 6.18. The minimum atomic E-state index is -0.493. The van der Waals surface area contributed by atoms with Gasteiger partial charge in [-0.3, -0.25) is 30.1 Å². The van der Waals surface area contributed by atoms with E-state index in [4.69, 9.17) is 12.2 Å². The zero-order chi connectivity index (χ0) is 23.1. The summed E-state index contributed by atoms with van der Waals surface area (Å²) in [5, 5.41) is 9.25. The normalized spacial score (nSPS) is 14.7. The Bertz CT molecular complexity index is 1050. The standard InChI is InChI=1S/C23H23N3O4S2/c1-2-15-5-7-16(8-6-15)14-19-22(30)26(23(31)32-19)13-3-4-20(28)24-25-21(29)17-9-11-18(27)12-10-17/h5-12,14,27H,2-4,13H2,1H3,(H,24,28)(H,25,29)/b19-14+. The molecule has 3 N–H and O–H groups in total. The maximum Gasteiger partial charge on any atom is 0.269 e. The first kappa shape index (κ1) is 23.5.